The van der Waals surface area contributed by atoms with Crippen LogP contribution in [-0.4, -0.2) is 26.8 Å². The molecule has 3 rings (SSSR count). The third-order valence-electron chi connectivity index (χ3n) is 3.63. The van der Waals surface area contributed by atoms with Gasteiger partial charge in [0.05, 0.1) is 5.69 Å². The average molecular weight is 371 g/mol. The smallest absolute Gasteiger partial charge is 0.331 e. The van der Waals surface area contributed by atoms with Crippen molar-refractivity contribution in [3.63, 3.8) is 0 Å². The van der Waals surface area contributed by atoms with E-state index in [0.717, 1.165) is 11.1 Å². The maximum atomic E-state index is 12.1. The summed E-state index contributed by atoms with van der Waals surface area (Å²) in [6.45, 7) is 0. The van der Waals surface area contributed by atoms with E-state index in [0.29, 0.717) is 35.0 Å². The third kappa shape index (κ3) is 3.90. The number of carbonyl (C=O) groups is 1. The molecule has 0 saturated carbocycles. The summed E-state index contributed by atoms with van der Waals surface area (Å²) in [6, 6.07) is 3.72. The van der Waals surface area contributed by atoms with E-state index >= 15 is 0 Å². The van der Waals surface area contributed by atoms with Crippen molar-refractivity contribution >= 4 is 29.1 Å². The van der Waals surface area contributed by atoms with Crippen LogP contribution in [0.1, 0.15) is 18.4 Å². The summed E-state index contributed by atoms with van der Waals surface area (Å²) >= 11 is 2.77. The van der Waals surface area contributed by atoms with Gasteiger partial charge in [0.1, 0.15) is 11.6 Å². The number of hydrogen-bond acceptors (Lipinski definition) is 6. The summed E-state index contributed by atoms with van der Waals surface area (Å²) in [5.74, 6) is -0.408. The molecule has 0 aromatic carbocycles. The predicted molar refractivity (Wildman–Crippen MR) is 96.6 cm³/mol. The lowest BCUT2D eigenvalue weighted by atomic mass is 10.0. The summed E-state index contributed by atoms with van der Waals surface area (Å²) in [6.07, 6.45) is 4.87. The molecule has 0 aliphatic heterocycles. The predicted octanol–water partition coefficient (Wildman–Crippen LogP) is 3.19. The Morgan fingerprint density at radius 3 is 3.04 bits per heavy atom. The maximum absolute atomic E-state index is 12.1. The first-order valence-electron chi connectivity index (χ1n) is 7.41. The van der Waals surface area contributed by atoms with Gasteiger partial charge in [0, 0.05) is 22.3 Å². The highest BCUT2D eigenvalue weighted by atomic mass is 32.2. The molecule has 8 heteroatoms. The molecule has 126 valence electrons. The number of H-pyrrole nitrogens is 1. The van der Waals surface area contributed by atoms with E-state index in [-0.39, 0.29) is 5.56 Å². The van der Waals surface area contributed by atoms with Gasteiger partial charge < -0.3 is 10.1 Å². The van der Waals surface area contributed by atoms with Gasteiger partial charge >= 0.3 is 5.97 Å². The van der Waals surface area contributed by atoms with E-state index in [1.807, 2.05) is 29.0 Å². The first-order valence-corrected chi connectivity index (χ1v) is 9.34. The van der Waals surface area contributed by atoms with Crippen molar-refractivity contribution in [2.45, 2.75) is 18.0 Å². The number of allylic oxidation sites excluding steroid dienone is 2. The Labute approximate surface area is 151 Å². The quantitative estimate of drug-likeness (QED) is 0.617. The zero-order valence-electron chi connectivity index (χ0n) is 13.0. The number of carboxylic acid groups (broad SMARTS) is 1. The Morgan fingerprint density at radius 1 is 1.52 bits per heavy atom. The number of thioether (sulfide) groups is 1. The standard InChI is InChI=1S/C17H13N3O3S2/c18-7-13-14(12-4-5-24-9-12)19-17(20-15(13)21)25-8-10-2-1-3-11(6-10)16(22)23/h2,4-6,9H,1,3,8H2,(H,22,23)(H,19,20,21). The molecule has 2 aromatic rings. The molecule has 0 bridgehead atoms. The van der Waals surface area contributed by atoms with Gasteiger partial charge in [-0.25, -0.2) is 9.78 Å². The second-order valence-electron chi connectivity index (χ2n) is 5.30. The van der Waals surface area contributed by atoms with Gasteiger partial charge in [-0.3, -0.25) is 4.79 Å². The zero-order chi connectivity index (χ0) is 17.8. The van der Waals surface area contributed by atoms with Crippen molar-refractivity contribution in [3.05, 3.63) is 56.0 Å². The van der Waals surface area contributed by atoms with Gasteiger partial charge in [-0.2, -0.15) is 16.6 Å². The van der Waals surface area contributed by atoms with E-state index in [2.05, 4.69) is 9.97 Å². The first kappa shape index (κ1) is 17.2. The van der Waals surface area contributed by atoms with Crippen LogP contribution < -0.4 is 5.56 Å². The molecule has 0 fully saturated rings. The lowest BCUT2D eigenvalue weighted by Gasteiger charge is -2.11. The molecular formula is C17H13N3O3S2. The number of aromatic nitrogens is 2. The Morgan fingerprint density at radius 2 is 2.36 bits per heavy atom. The topological polar surface area (TPSA) is 107 Å². The fourth-order valence-corrected chi connectivity index (χ4v) is 3.89. The van der Waals surface area contributed by atoms with Crippen molar-refractivity contribution in [1.82, 2.24) is 9.97 Å². The summed E-state index contributed by atoms with van der Waals surface area (Å²) < 4.78 is 0. The molecule has 6 nitrogen and oxygen atoms in total. The normalized spacial score (nSPS) is 13.7. The lowest BCUT2D eigenvalue weighted by molar-refractivity contribution is -0.132. The van der Waals surface area contributed by atoms with Crippen LogP contribution in [-0.2, 0) is 4.79 Å². The summed E-state index contributed by atoms with van der Waals surface area (Å²) in [7, 11) is 0. The summed E-state index contributed by atoms with van der Waals surface area (Å²) in [5, 5.41) is 22.4. The van der Waals surface area contributed by atoms with E-state index in [9.17, 15) is 14.9 Å². The summed E-state index contributed by atoms with van der Waals surface area (Å²) in [5.41, 5.74) is 1.90. The van der Waals surface area contributed by atoms with Gasteiger partial charge in [0.25, 0.3) is 5.56 Å². The Hall–Kier alpha value is -2.63. The lowest BCUT2D eigenvalue weighted by Crippen LogP contribution is -2.14. The van der Waals surface area contributed by atoms with Crippen LogP contribution in [0.2, 0.25) is 0 Å². The van der Waals surface area contributed by atoms with Gasteiger partial charge in [0.15, 0.2) is 5.16 Å². The minimum Gasteiger partial charge on any atom is -0.478 e. The highest BCUT2D eigenvalue weighted by Gasteiger charge is 2.15. The highest BCUT2D eigenvalue weighted by molar-refractivity contribution is 7.99. The molecule has 2 aromatic heterocycles. The van der Waals surface area contributed by atoms with Gasteiger partial charge in [-0.05, 0) is 35.9 Å². The Bertz CT molecular complexity index is 966. The van der Waals surface area contributed by atoms with E-state index in [4.69, 9.17) is 5.11 Å². The van der Waals surface area contributed by atoms with Crippen molar-refractivity contribution in [1.29, 1.82) is 5.26 Å². The van der Waals surface area contributed by atoms with Crippen LogP contribution in [0.15, 0.2) is 50.1 Å². The number of rotatable bonds is 5. The Balaban J connectivity index is 1.85. The number of hydrogen-bond donors (Lipinski definition) is 2. The third-order valence-corrected chi connectivity index (χ3v) is 5.26. The number of nitrogens with zero attached hydrogens (tertiary/aromatic N) is 2. The van der Waals surface area contributed by atoms with E-state index < -0.39 is 11.5 Å². The van der Waals surface area contributed by atoms with E-state index in [1.54, 1.807) is 6.08 Å². The van der Waals surface area contributed by atoms with Crippen LogP contribution in [0.3, 0.4) is 0 Å². The molecule has 1 aliphatic rings. The number of aliphatic carboxylic acids is 1. The molecule has 2 N–H and O–H groups in total. The second kappa shape index (κ2) is 7.51. The SMILES string of the molecule is N#Cc1c(-c2ccsc2)nc(SCC2=CCCC(C(=O)O)=C2)[nH]c1=O. The molecule has 0 saturated heterocycles. The van der Waals surface area contributed by atoms with Crippen molar-refractivity contribution in [2.24, 2.45) is 0 Å². The Kier molecular flexibility index (Phi) is 5.16. The van der Waals surface area contributed by atoms with Crippen LogP contribution in [0.4, 0.5) is 0 Å². The minimum atomic E-state index is -0.903. The number of carboxylic acids is 1. The minimum absolute atomic E-state index is 0.00677. The van der Waals surface area contributed by atoms with Crippen molar-refractivity contribution in [2.75, 3.05) is 5.75 Å². The van der Waals surface area contributed by atoms with Crippen LogP contribution in [0.5, 0.6) is 0 Å². The van der Waals surface area contributed by atoms with Gasteiger partial charge in [-0.15, -0.1) is 0 Å². The molecule has 0 radical (unpaired) electrons. The number of aromatic amines is 1. The summed E-state index contributed by atoms with van der Waals surface area (Å²) in [4.78, 5) is 30.2. The second-order valence-corrected chi connectivity index (χ2v) is 7.04. The van der Waals surface area contributed by atoms with Crippen LogP contribution in [0, 0.1) is 11.3 Å². The number of thiophene rings is 1. The fourth-order valence-electron chi connectivity index (χ4n) is 2.42. The number of nitrogens with one attached hydrogen (secondary N) is 1. The fraction of sp³-hybridized carbons (Fsp3) is 0.176. The van der Waals surface area contributed by atoms with Crippen molar-refractivity contribution < 1.29 is 9.90 Å². The monoisotopic (exact) mass is 371 g/mol. The molecule has 0 spiro atoms. The molecule has 1 aliphatic carbocycles. The number of nitriles is 1. The van der Waals surface area contributed by atoms with Gasteiger partial charge in [0.2, 0.25) is 0 Å². The van der Waals surface area contributed by atoms with Crippen LogP contribution >= 0.6 is 23.1 Å². The highest BCUT2D eigenvalue weighted by Crippen LogP contribution is 2.26. The van der Waals surface area contributed by atoms with Crippen molar-refractivity contribution in [3.8, 4) is 17.3 Å². The van der Waals surface area contributed by atoms with Crippen LogP contribution in [0.25, 0.3) is 11.3 Å². The molecule has 0 atom stereocenters. The average Bonchev–Trinajstić information content (AvgIpc) is 3.14. The molecule has 25 heavy (non-hydrogen) atoms. The molecule has 2 heterocycles. The molecule has 0 amide bonds. The van der Waals surface area contributed by atoms with Gasteiger partial charge in [-0.1, -0.05) is 17.8 Å². The molecule has 0 unspecified atom stereocenters. The zero-order valence-corrected chi connectivity index (χ0v) is 14.6. The van der Waals surface area contributed by atoms with E-state index in [1.165, 1.54) is 23.1 Å². The maximum Gasteiger partial charge on any atom is 0.331 e. The first-order chi connectivity index (χ1) is 12.1. The largest absolute Gasteiger partial charge is 0.478 e. The molecular weight excluding hydrogens is 358 g/mol.